The topological polar surface area (TPSA) is 84.9 Å². The lowest BCUT2D eigenvalue weighted by molar-refractivity contribution is -0.171. The molecule has 0 aliphatic rings. The van der Waals surface area contributed by atoms with Crippen molar-refractivity contribution in [1.82, 2.24) is 5.32 Å². The number of carbonyl (C=O) groups is 2. The Morgan fingerprint density at radius 1 is 1.04 bits per heavy atom. The van der Waals surface area contributed by atoms with E-state index >= 15 is 0 Å². The number of amides is 1. The van der Waals surface area contributed by atoms with Gasteiger partial charge in [0.1, 0.15) is 12.2 Å². The van der Waals surface area contributed by atoms with Crippen molar-refractivity contribution in [2.75, 3.05) is 0 Å². The first-order valence-corrected chi connectivity index (χ1v) is 8.66. The maximum atomic E-state index is 12.7. The number of hydrogen-bond donors (Lipinski definition) is 2. The summed E-state index contributed by atoms with van der Waals surface area (Å²) in [6.45, 7) is 12.0. The molecule has 0 unspecified atom stereocenters. The maximum absolute atomic E-state index is 12.7. The van der Waals surface area contributed by atoms with Crippen LogP contribution in [0.2, 0.25) is 0 Å². The Labute approximate surface area is 155 Å². The van der Waals surface area contributed by atoms with Crippen LogP contribution in [0.4, 0.5) is 4.79 Å². The van der Waals surface area contributed by atoms with Gasteiger partial charge in [-0.1, -0.05) is 51.1 Å². The second-order valence-electron chi connectivity index (χ2n) is 8.66. The van der Waals surface area contributed by atoms with Gasteiger partial charge in [0.15, 0.2) is 5.54 Å². The summed E-state index contributed by atoms with van der Waals surface area (Å²) >= 11 is 0. The molecule has 6 heteroatoms. The number of carbonyl (C=O) groups excluding carboxylic acids is 2. The molecule has 0 aromatic heterocycles. The van der Waals surface area contributed by atoms with Crippen molar-refractivity contribution < 1.29 is 24.2 Å². The lowest BCUT2D eigenvalue weighted by Crippen LogP contribution is -2.64. The van der Waals surface area contributed by atoms with Gasteiger partial charge in [0.2, 0.25) is 0 Å². The molecule has 2 N–H and O–H groups in total. The quantitative estimate of drug-likeness (QED) is 0.781. The molecule has 1 rings (SSSR count). The van der Waals surface area contributed by atoms with Gasteiger partial charge in [-0.25, -0.2) is 9.59 Å². The summed E-state index contributed by atoms with van der Waals surface area (Å²) in [4.78, 5) is 25.0. The summed E-state index contributed by atoms with van der Waals surface area (Å²) in [6.07, 6.45) is -1.99. The third-order valence-electron chi connectivity index (χ3n) is 3.76. The van der Waals surface area contributed by atoms with E-state index in [9.17, 15) is 14.7 Å². The number of hydrogen-bond acceptors (Lipinski definition) is 5. The van der Waals surface area contributed by atoms with E-state index < -0.39 is 34.7 Å². The molecule has 1 amide bonds. The molecular formula is C20H31NO5. The molecular weight excluding hydrogens is 334 g/mol. The number of alkyl carbamates (subject to hydrolysis) is 1. The third kappa shape index (κ3) is 6.33. The van der Waals surface area contributed by atoms with Crippen LogP contribution in [0.1, 0.15) is 54.0 Å². The predicted octanol–water partition coefficient (Wildman–Crippen LogP) is 3.42. The van der Waals surface area contributed by atoms with Crippen molar-refractivity contribution in [3.63, 3.8) is 0 Å². The molecule has 0 bridgehead atoms. The van der Waals surface area contributed by atoms with E-state index in [1.165, 1.54) is 6.92 Å². The summed E-state index contributed by atoms with van der Waals surface area (Å²) in [6, 6.07) is 9.19. The second kappa shape index (κ2) is 8.08. The Hall–Kier alpha value is -2.08. The van der Waals surface area contributed by atoms with Gasteiger partial charge >= 0.3 is 12.1 Å². The molecule has 0 aliphatic heterocycles. The highest BCUT2D eigenvalue weighted by Gasteiger charge is 2.49. The molecule has 0 saturated carbocycles. The fourth-order valence-corrected chi connectivity index (χ4v) is 2.45. The molecule has 0 spiro atoms. The van der Waals surface area contributed by atoms with Gasteiger partial charge in [-0.05, 0) is 38.7 Å². The van der Waals surface area contributed by atoms with Gasteiger partial charge in [0.25, 0.3) is 0 Å². The Morgan fingerprint density at radius 2 is 1.58 bits per heavy atom. The molecule has 1 aromatic carbocycles. The minimum Gasteiger partial charge on any atom is -0.458 e. The van der Waals surface area contributed by atoms with Crippen LogP contribution in [0, 0.1) is 5.41 Å². The molecule has 0 heterocycles. The molecule has 1 aromatic rings. The van der Waals surface area contributed by atoms with E-state index in [0.717, 1.165) is 5.56 Å². The van der Waals surface area contributed by atoms with Crippen molar-refractivity contribution in [1.29, 1.82) is 0 Å². The standard InChI is InChI=1S/C20H31NO5/c1-18(2,3)15(22)20(7,16(23)26-19(4,5)6)21-17(24)25-13-14-11-9-8-10-12-14/h8-12,15,22H,13H2,1-7H3,(H,21,24)/t15-,20-/m0/s1. The van der Waals surface area contributed by atoms with Crippen LogP contribution < -0.4 is 5.32 Å². The van der Waals surface area contributed by atoms with Crippen LogP contribution in [0.15, 0.2) is 30.3 Å². The molecule has 0 aliphatic carbocycles. The number of ether oxygens (including phenoxy) is 2. The van der Waals surface area contributed by atoms with Crippen LogP contribution in [0.25, 0.3) is 0 Å². The molecule has 0 radical (unpaired) electrons. The largest absolute Gasteiger partial charge is 0.458 e. The number of nitrogens with one attached hydrogen (secondary N) is 1. The zero-order valence-corrected chi connectivity index (χ0v) is 16.8. The first-order chi connectivity index (χ1) is 11.8. The monoisotopic (exact) mass is 365 g/mol. The SMILES string of the molecule is CC(C)(C)OC(=O)[C@@](C)(NC(=O)OCc1ccccc1)[C@@H](O)C(C)(C)C. The smallest absolute Gasteiger partial charge is 0.408 e. The van der Waals surface area contributed by atoms with Crippen molar-refractivity contribution in [3.8, 4) is 0 Å². The molecule has 146 valence electrons. The van der Waals surface area contributed by atoms with E-state index in [2.05, 4.69) is 5.32 Å². The van der Waals surface area contributed by atoms with Crippen LogP contribution in [0.3, 0.4) is 0 Å². The van der Waals surface area contributed by atoms with Gasteiger partial charge in [-0.2, -0.15) is 0 Å². The lowest BCUT2D eigenvalue weighted by atomic mass is 9.77. The summed E-state index contributed by atoms with van der Waals surface area (Å²) in [5.74, 6) is -0.718. The minimum atomic E-state index is -1.65. The Kier molecular flexibility index (Phi) is 6.82. The van der Waals surface area contributed by atoms with Crippen molar-refractivity contribution in [3.05, 3.63) is 35.9 Å². The van der Waals surface area contributed by atoms with Crippen LogP contribution in [-0.4, -0.2) is 34.4 Å². The van der Waals surface area contributed by atoms with Gasteiger partial charge < -0.3 is 19.9 Å². The summed E-state index contributed by atoms with van der Waals surface area (Å²) in [5.41, 5.74) is -2.26. The normalized spacial score (nSPS) is 15.5. The van der Waals surface area contributed by atoms with E-state index in [1.54, 1.807) is 41.5 Å². The Balaban J connectivity index is 2.94. The van der Waals surface area contributed by atoms with Crippen LogP contribution in [0.5, 0.6) is 0 Å². The Bertz CT molecular complexity index is 615. The average molecular weight is 365 g/mol. The molecule has 2 atom stereocenters. The highest BCUT2D eigenvalue weighted by molar-refractivity contribution is 5.86. The average Bonchev–Trinajstić information content (AvgIpc) is 2.50. The maximum Gasteiger partial charge on any atom is 0.408 e. The molecule has 6 nitrogen and oxygen atoms in total. The van der Waals surface area contributed by atoms with Crippen molar-refractivity contribution in [2.45, 2.75) is 72.3 Å². The zero-order chi connectivity index (χ0) is 20.2. The number of esters is 1. The van der Waals surface area contributed by atoms with Gasteiger partial charge in [-0.3, -0.25) is 0 Å². The van der Waals surface area contributed by atoms with E-state index in [4.69, 9.17) is 9.47 Å². The first kappa shape index (κ1) is 22.0. The fraction of sp³-hybridized carbons (Fsp3) is 0.600. The first-order valence-electron chi connectivity index (χ1n) is 8.66. The Morgan fingerprint density at radius 3 is 2.04 bits per heavy atom. The van der Waals surface area contributed by atoms with Gasteiger partial charge in [0.05, 0.1) is 6.10 Å². The molecule has 26 heavy (non-hydrogen) atoms. The molecule has 0 fully saturated rings. The van der Waals surface area contributed by atoms with E-state index in [0.29, 0.717) is 0 Å². The third-order valence-corrected chi connectivity index (χ3v) is 3.76. The predicted molar refractivity (Wildman–Crippen MR) is 99.5 cm³/mol. The highest BCUT2D eigenvalue weighted by Crippen LogP contribution is 2.30. The summed E-state index contributed by atoms with van der Waals surface area (Å²) in [5, 5.41) is 13.2. The van der Waals surface area contributed by atoms with Crippen molar-refractivity contribution in [2.24, 2.45) is 5.41 Å². The van der Waals surface area contributed by atoms with Crippen molar-refractivity contribution >= 4 is 12.1 Å². The minimum absolute atomic E-state index is 0.0582. The lowest BCUT2D eigenvalue weighted by Gasteiger charge is -2.40. The summed E-state index contributed by atoms with van der Waals surface area (Å²) < 4.78 is 10.6. The number of benzene rings is 1. The fourth-order valence-electron chi connectivity index (χ4n) is 2.45. The van der Waals surface area contributed by atoms with Gasteiger partial charge in [-0.15, -0.1) is 0 Å². The number of aliphatic hydroxyl groups excluding tert-OH is 1. The summed E-state index contributed by atoms with van der Waals surface area (Å²) in [7, 11) is 0. The second-order valence-corrected chi connectivity index (χ2v) is 8.66. The molecule has 0 saturated heterocycles. The number of aliphatic hydroxyl groups is 1. The number of rotatable bonds is 5. The van der Waals surface area contributed by atoms with Crippen LogP contribution in [-0.2, 0) is 20.9 Å². The zero-order valence-electron chi connectivity index (χ0n) is 16.8. The van der Waals surface area contributed by atoms with Gasteiger partial charge in [0, 0.05) is 0 Å². The van der Waals surface area contributed by atoms with E-state index in [1.807, 2.05) is 30.3 Å². The van der Waals surface area contributed by atoms with E-state index in [-0.39, 0.29) is 6.61 Å². The highest BCUT2D eigenvalue weighted by atomic mass is 16.6. The van der Waals surface area contributed by atoms with Crippen LogP contribution >= 0.6 is 0 Å².